The third kappa shape index (κ3) is 3.15. The molecular weight excluding hydrogens is 282 g/mol. The fourth-order valence-corrected chi connectivity index (χ4v) is 4.69. The van der Waals surface area contributed by atoms with Crippen molar-refractivity contribution in [3.8, 4) is 0 Å². The van der Waals surface area contributed by atoms with E-state index >= 15 is 0 Å². The number of fused-ring (bicyclic) bond motifs is 1. The summed E-state index contributed by atoms with van der Waals surface area (Å²) in [7, 11) is 0. The number of piperidine rings is 1. The highest BCUT2D eigenvalue weighted by molar-refractivity contribution is 5.86. The standard InChI is InChI=1S/C21H27NO/c23-17-13-20(16-8-2-1-3-9-16)22-21(14-17)19-12-6-10-15-7-4-5-11-18(15)19/h4-7,10-12,16-17,20-23H,1-3,8-9,13-14H2/t17-,20-,21+/m0/s1. The molecule has 23 heavy (non-hydrogen) atoms. The molecule has 2 fully saturated rings. The highest BCUT2D eigenvalue weighted by Crippen LogP contribution is 2.36. The summed E-state index contributed by atoms with van der Waals surface area (Å²) in [6, 6.07) is 15.9. The second kappa shape index (κ2) is 6.62. The van der Waals surface area contributed by atoms with E-state index < -0.39 is 0 Å². The molecule has 0 unspecified atom stereocenters. The Morgan fingerprint density at radius 1 is 0.870 bits per heavy atom. The molecule has 2 heteroatoms. The molecule has 0 bridgehead atoms. The van der Waals surface area contributed by atoms with E-state index in [9.17, 15) is 5.11 Å². The van der Waals surface area contributed by atoms with Gasteiger partial charge in [0.15, 0.2) is 0 Å². The fraction of sp³-hybridized carbons (Fsp3) is 0.524. The zero-order chi connectivity index (χ0) is 15.6. The molecule has 2 N–H and O–H groups in total. The van der Waals surface area contributed by atoms with E-state index in [1.165, 1.54) is 48.4 Å². The molecule has 1 saturated carbocycles. The molecular formula is C21H27NO. The predicted octanol–water partition coefficient (Wildman–Crippen LogP) is 4.57. The average Bonchev–Trinajstić information content (AvgIpc) is 2.61. The van der Waals surface area contributed by atoms with Gasteiger partial charge in [-0.05, 0) is 47.9 Å². The van der Waals surface area contributed by atoms with Crippen LogP contribution in [0.5, 0.6) is 0 Å². The van der Waals surface area contributed by atoms with Gasteiger partial charge in [-0.1, -0.05) is 61.7 Å². The molecule has 2 nitrogen and oxygen atoms in total. The third-order valence-corrected chi connectivity index (χ3v) is 5.87. The van der Waals surface area contributed by atoms with Gasteiger partial charge in [-0.3, -0.25) is 0 Å². The number of hydrogen-bond acceptors (Lipinski definition) is 2. The Morgan fingerprint density at radius 2 is 1.65 bits per heavy atom. The molecule has 0 spiro atoms. The first-order valence-corrected chi connectivity index (χ1v) is 9.23. The van der Waals surface area contributed by atoms with Gasteiger partial charge in [0.2, 0.25) is 0 Å². The minimum Gasteiger partial charge on any atom is -0.393 e. The summed E-state index contributed by atoms with van der Waals surface area (Å²) in [5, 5.41) is 17.0. The predicted molar refractivity (Wildman–Crippen MR) is 95.4 cm³/mol. The van der Waals surface area contributed by atoms with Crippen LogP contribution in [0.2, 0.25) is 0 Å². The molecule has 2 aromatic rings. The molecule has 1 aliphatic heterocycles. The fourth-order valence-electron chi connectivity index (χ4n) is 4.69. The number of aliphatic hydroxyl groups excluding tert-OH is 1. The molecule has 3 atom stereocenters. The lowest BCUT2D eigenvalue weighted by Gasteiger charge is -2.40. The van der Waals surface area contributed by atoms with Crippen LogP contribution in [-0.4, -0.2) is 17.3 Å². The maximum atomic E-state index is 10.5. The largest absolute Gasteiger partial charge is 0.393 e. The normalized spacial score (nSPS) is 29.7. The monoisotopic (exact) mass is 309 g/mol. The van der Waals surface area contributed by atoms with Crippen LogP contribution in [0.4, 0.5) is 0 Å². The summed E-state index contributed by atoms with van der Waals surface area (Å²) in [5.41, 5.74) is 1.35. The van der Waals surface area contributed by atoms with E-state index in [1.54, 1.807) is 0 Å². The molecule has 2 aliphatic rings. The number of benzene rings is 2. The minimum absolute atomic E-state index is 0.174. The number of aliphatic hydroxyl groups is 1. The van der Waals surface area contributed by atoms with Crippen molar-refractivity contribution in [3.05, 3.63) is 48.0 Å². The number of hydrogen-bond donors (Lipinski definition) is 2. The zero-order valence-corrected chi connectivity index (χ0v) is 13.7. The molecule has 0 radical (unpaired) electrons. The van der Waals surface area contributed by atoms with Crippen molar-refractivity contribution >= 4 is 10.8 Å². The molecule has 1 aliphatic carbocycles. The summed E-state index contributed by atoms with van der Waals surface area (Å²) in [4.78, 5) is 0. The summed E-state index contributed by atoms with van der Waals surface area (Å²) in [5.74, 6) is 0.746. The smallest absolute Gasteiger partial charge is 0.0573 e. The summed E-state index contributed by atoms with van der Waals surface area (Å²) >= 11 is 0. The summed E-state index contributed by atoms with van der Waals surface area (Å²) < 4.78 is 0. The maximum Gasteiger partial charge on any atom is 0.0573 e. The quantitative estimate of drug-likeness (QED) is 0.851. The van der Waals surface area contributed by atoms with Crippen LogP contribution in [0.15, 0.2) is 42.5 Å². The topological polar surface area (TPSA) is 32.3 Å². The highest BCUT2D eigenvalue weighted by atomic mass is 16.3. The van der Waals surface area contributed by atoms with Crippen LogP contribution < -0.4 is 5.32 Å². The number of rotatable bonds is 2. The van der Waals surface area contributed by atoms with Gasteiger partial charge in [-0.2, -0.15) is 0 Å². The second-order valence-corrected chi connectivity index (χ2v) is 7.42. The lowest BCUT2D eigenvalue weighted by molar-refractivity contribution is 0.0696. The zero-order valence-electron chi connectivity index (χ0n) is 13.7. The van der Waals surface area contributed by atoms with Crippen LogP contribution in [-0.2, 0) is 0 Å². The molecule has 1 saturated heterocycles. The third-order valence-electron chi connectivity index (χ3n) is 5.87. The van der Waals surface area contributed by atoms with E-state index in [0.717, 1.165) is 18.8 Å². The van der Waals surface area contributed by atoms with Crippen molar-refractivity contribution < 1.29 is 5.11 Å². The van der Waals surface area contributed by atoms with Gasteiger partial charge in [0.05, 0.1) is 6.10 Å². The van der Waals surface area contributed by atoms with Gasteiger partial charge in [0.1, 0.15) is 0 Å². The van der Waals surface area contributed by atoms with Gasteiger partial charge >= 0.3 is 0 Å². The molecule has 0 aromatic heterocycles. The van der Waals surface area contributed by atoms with Crippen molar-refractivity contribution in [2.24, 2.45) is 5.92 Å². The minimum atomic E-state index is -0.174. The van der Waals surface area contributed by atoms with E-state index in [1.807, 2.05) is 0 Å². The van der Waals surface area contributed by atoms with Gasteiger partial charge in [-0.25, -0.2) is 0 Å². The van der Waals surface area contributed by atoms with Gasteiger partial charge < -0.3 is 10.4 Å². The number of nitrogens with one attached hydrogen (secondary N) is 1. The molecule has 122 valence electrons. The van der Waals surface area contributed by atoms with Crippen LogP contribution in [0.25, 0.3) is 10.8 Å². The SMILES string of the molecule is O[C@H]1C[C@@H](C2CCCCC2)N[C@@H](c2cccc3ccccc23)C1. The first kappa shape index (κ1) is 15.2. The Morgan fingerprint density at radius 3 is 2.52 bits per heavy atom. The Kier molecular flexibility index (Phi) is 4.37. The molecule has 1 heterocycles. The summed E-state index contributed by atoms with van der Waals surface area (Å²) in [6.07, 6.45) is 8.34. The lowest BCUT2D eigenvalue weighted by Crippen LogP contribution is -2.47. The Labute approximate surface area is 138 Å². The first-order chi connectivity index (χ1) is 11.3. The van der Waals surface area contributed by atoms with E-state index in [0.29, 0.717) is 6.04 Å². The second-order valence-electron chi connectivity index (χ2n) is 7.42. The molecule has 4 rings (SSSR count). The molecule has 2 aromatic carbocycles. The van der Waals surface area contributed by atoms with Crippen LogP contribution in [0, 0.1) is 5.92 Å². The van der Waals surface area contributed by atoms with Crippen molar-refractivity contribution in [2.45, 2.75) is 63.1 Å². The van der Waals surface area contributed by atoms with Crippen molar-refractivity contribution in [3.63, 3.8) is 0 Å². The van der Waals surface area contributed by atoms with Gasteiger partial charge in [-0.15, -0.1) is 0 Å². The van der Waals surface area contributed by atoms with Crippen molar-refractivity contribution in [1.82, 2.24) is 5.32 Å². The summed E-state index contributed by atoms with van der Waals surface area (Å²) in [6.45, 7) is 0. The Balaban J connectivity index is 1.62. The maximum absolute atomic E-state index is 10.5. The lowest BCUT2D eigenvalue weighted by atomic mass is 9.78. The van der Waals surface area contributed by atoms with Crippen molar-refractivity contribution in [1.29, 1.82) is 0 Å². The Hall–Kier alpha value is -1.38. The first-order valence-electron chi connectivity index (χ1n) is 9.23. The van der Waals surface area contributed by atoms with Crippen LogP contribution in [0.3, 0.4) is 0 Å². The van der Waals surface area contributed by atoms with E-state index in [-0.39, 0.29) is 12.1 Å². The molecule has 0 amide bonds. The van der Waals surface area contributed by atoms with Crippen LogP contribution in [0.1, 0.15) is 56.6 Å². The van der Waals surface area contributed by atoms with Crippen molar-refractivity contribution in [2.75, 3.05) is 0 Å². The average molecular weight is 309 g/mol. The van der Waals surface area contributed by atoms with E-state index in [4.69, 9.17) is 0 Å². The highest BCUT2D eigenvalue weighted by Gasteiger charge is 2.33. The van der Waals surface area contributed by atoms with Crippen LogP contribution >= 0.6 is 0 Å². The Bertz CT molecular complexity index is 656. The van der Waals surface area contributed by atoms with Gasteiger partial charge in [0, 0.05) is 12.1 Å². The van der Waals surface area contributed by atoms with E-state index in [2.05, 4.69) is 47.8 Å². The van der Waals surface area contributed by atoms with Gasteiger partial charge in [0.25, 0.3) is 0 Å².